The van der Waals surface area contributed by atoms with Gasteiger partial charge in [-0.3, -0.25) is 9.78 Å². The van der Waals surface area contributed by atoms with Gasteiger partial charge in [0.05, 0.1) is 12.3 Å². The summed E-state index contributed by atoms with van der Waals surface area (Å²) >= 11 is 0. The molecule has 1 aliphatic heterocycles. The summed E-state index contributed by atoms with van der Waals surface area (Å²) in [5.74, 6) is 0.790. The number of halogens is 2. The molecule has 3 rings (SSSR count). The number of hydrogen-bond donors (Lipinski definition) is 1. The molecule has 0 unspecified atom stereocenters. The number of likely N-dealkylation sites (tertiary alicyclic amines) is 1. The van der Waals surface area contributed by atoms with Crippen molar-refractivity contribution in [3.05, 3.63) is 59.4 Å². The third-order valence-corrected chi connectivity index (χ3v) is 4.89. The van der Waals surface area contributed by atoms with Crippen molar-refractivity contribution in [1.29, 1.82) is 0 Å². The number of carbonyl (C=O) groups excluding carboxylic acids is 1. The van der Waals surface area contributed by atoms with Crippen LogP contribution >= 0.6 is 24.8 Å². The second kappa shape index (κ2) is 13.4. The lowest BCUT2D eigenvalue weighted by atomic mass is 10.1. The first-order chi connectivity index (χ1) is 13.7. The average molecular weight is 456 g/mol. The number of amides is 1. The summed E-state index contributed by atoms with van der Waals surface area (Å²) in [5, 5.41) is 0. The highest BCUT2D eigenvalue weighted by atomic mass is 35.5. The van der Waals surface area contributed by atoms with E-state index >= 15 is 0 Å². The molecule has 1 fully saturated rings. The summed E-state index contributed by atoms with van der Waals surface area (Å²) in [6, 6.07) is 11.5. The summed E-state index contributed by atoms with van der Waals surface area (Å²) in [6.07, 6.45) is 4.58. The number of aromatic nitrogens is 1. The van der Waals surface area contributed by atoms with Crippen LogP contribution < -0.4 is 10.5 Å². The van der Waals surface area contributed by atoms with Crippen molar-refractivity contribution in [2.75, 3.05) is 26.2 Å². The van der Waals surface area contributed by atoms with Gasteiger partial charge in [0, 0.05) is 31.0 Å². The molecular formula is C22H31Cl2N3O3. The smallest absolute Gasteiger partial charge is 0.253 e. The van der Waals surface area contributed by atoms with Crippen LogP contribution in [0, 0.1) is 6.92 Å². The van der Waals surface area contributed by atoms with Crippen LogP contribution in [0.15, 0.2) is 42.6 Å². The topological polar surface area (TPSA) is 77.7 Å². The van der Waals surface area contributed by atoms with Crippen LogP contribution in [0.1, 0.15) is 40.9 Å². The van der Waals surface area contributed by atoms with Crippen LogP contribution in [-0.4, -0.2) is 48.1 Å². The number of ether oxygens (including phenoxy) is 2. The van der Waals surface area contributed by atoms with Gasteiger partial charge in [-0.25, -0.2) is 0 Å². The van der Waals surface area contributed by atoms with Gasteiger partial charge in [0.25, 0.3) is 5.91 Å². The van der Waals surface area contributed by atoms with E-state index in [9.17, 15) is 4.79 Å². The molecule has 2 aromatic rings. The lowest BCUT2D eigenvalue weighted by Crippen LogP contribution is -2.41. The van der Waals surface area contributed by atoms with Crippen LogP contribution in [0.25, 0.3) is 0 Å². The lowest BCUT2D eigenvalue weighted by Gasteiger charge is -2.32. The SMILES string of the molecule is Cc1ccc(OCc2cccc(C(=O)N3CCC(OCCCN)CC3)c2)cn1.Cl.Cl. The molecule has 2 N–H and O–H groups in total. The number of pyridine rings is 1. The molecular weight excluding hydrogens is 425 g/mol. The van der Waals surface area contributed by atoms with E-state index < -0.39 is 0 Å². The molecule has 166 valence electrons. The van der Waals surface area contributed by atoms with Crippen molar-refractivity contribution in [2.45, 2.75) is 38.9 Å². The molecule has 1 aromatic heterocycles. The molecule has 0 atom stereocenters. The Morgan fingerprint density at radius 2 is 1.97 bits per heavy atom. The van der Waals surface area contributed by atoms with Crippen LogP contribution in [-0.2, 0) is 11.3 Å². The van der Waals surface area contributed by atoms with E-state index in [0.717, 1.165) is 49.4 Å². The fraction of sp³-hybridized carbons (Fsp3) is 0.455. The molecule has 30 heavy (non-hydrogen) atoms. The second-order valence-corrected chi connectivity index (χ2v) is 7.13. The Morgan fingerprint density at radius 3 is 2.63 bits per heavy atom. The van der Waals surface area contributed by atoms with Gasteiger partial charge in [0.15, 0.2) is 0 Å². The van der Waals surface area contributed by atoms with Crippen LogP contribution in [0.3, 0.4) is 0 Å². The second-order valence-electron chi connectivity index (χ2n) is 7.13. The first-order valence-corrected chi connectivity index (χ1v) is 9.91. The van der Waals surface area contributed by atoms with E-state index in [1.807, 2.05) is 48.2 Å². The van der Waals surface area contributed by atoms with Gasteiger partial charge in [-0.15, -0.1) is 24.8 Å². The maximum atomic E-state index is 12.8. The number of piperidine rings is 1. The minimum absolute atomic E-state index is 0. The van der Waals surface area contributed by atoms with Crippen molar-refractivity contribution in [3.63, 3.8) is 0 Å². The van der Waals surface area contributed by atoms with Gasteiger partial charge in [-0.1, -0.05) is 12.1 Å². The van der Waals surface area contributed by atoms with Crippen molar-refractivity contribution < 1.29 is 14.3 Å². The van der Waals surface area contributed by atoms with Crippen molar-refractivity contribution >= 4 is 30.7 Å². The first-order valence-electron chi connectivity index (χ1n) is 9.91. The molecule has 0 spiro atoms. The van der Waals surface area contributed by atoms with E-state index in [1.165, 1.54) is 0 Å². The molecule has 0 radical (unpaired) electrons. The number of hydrogen-bond acceptors (Lipinski definition) is 5. The van der Waals surface area contributed by atoms with Crippen LogP contribution in [0.4, 0.5) is 0 Å². The highest BCUT2D eigenvalue weighted by Crippen LogP contribution is 2.18. The Kier molecular flexibility index (Phi) is 11.7. The van der Waals surface area contributed by atoms with Gasteiger partial charge in [-0.2, -0.15) is 0 Å². The van der Waals surface area contributed by atoms with E-state index in [0.29, 0.717) is 25.3 Å². The highest BCUT2D eigenvalue weighted by Gasteiger charge is 2.24. The molecule has 0 aliphatic carbocycles. The molecule has 0 saturated carbocycles. The predicted molar refractivity (Wildman–Crippen MR) is 123 cm³/mol. The number of nitrogens with zero attached hydrogens (tertiary/aromatic N) is 2. The van der Waals surface area contributed by atoms with E-state index in [2.05, 4.69) is 4.98 Å². The number of nitrogens with two attached hydrogens (primary N) is 1. The maximum absolute atomic E-state index is 12.8. The molecule has 6 nitrogen and oxygen atoms in total. The largest absolute Gasteiger partial charge is 0.487 e. The van der Waals surface area contributed by atoms with Gasteiger partial charge >= 0.3 is 0 Å². The Morgan fingerprint density at radius 1 is 1.20 bits per heavy atom. The molecule has 1 aliphatic rings. The molecule has 8 heteroatoms. The van der Waals surface area contributed by atoms with Gasteiger partial charge in [-0.05, 0) is 62.6 Å². The average Bonchev–Trinajstić information content (AvgIpc) is 2.74. The molecule has 2 heterocycles. The van der Waals surface area contributed by atoms with Gasteiger partial charge in [0.2, 0.25) is 0 Å². The third kappa shape index (κ3) is 7.76. The van der Waals surface area contributed by atoms with Gasteiger partial charge in [0.1, 0.15) is 12.4 Å². The summed E-state index contributed by atoms with van der Waals surface area (Å²) in [5.41, 5.74) is 8.11. The summed E-state index contributed by atoms with van der Waals surface area (Å²) < 4.78 is 11.6. The van der Waals surface area contributed by atoms with Crippen molar-refractivity contribution in [2.24, 2.45) is 5.73 Å². The normalized spacial score (nSPS) is 13.9. The fourth-order valence-electron chi connectivity index (χ4n) is 3.24. The number of carbonyl (C=O) groups is 1. The molecule has 0 bridgehead atoms. The van der Waals surface area contributed by atoms with Crippen LogP contribution in [0.2, 0.25) is 0 Å². The molecule has 1 aromatic carbocycles. The van der Waals surface area contributed by atoms with Crippen LogP contribution in [0.5, 0.6) is 5.75 Å². The molecule has 1 amide bonds. The Hall–Kier alpha value is -1.86. The fourth-order valence-corrected chi connectivity index (χ4v) is 3.24. The highest BCUT2D eigenvalue weighted by molar-refractivity contribution is 5.94. The first kappa shape index (κ1) is 26.2. The Labute approximate surface area is 191 Å². The minimum Gasteiger partial charge on any atom is -0.487 e. The maximum Gasteiger partial charge on any atom is 0.253 e. The third-order valence-electron chi connectivity index (χ3n) is 4.89. The monoisotopic (exact) mass is 455 g/mol. The quantitative estimate of drug-likeness (QED) is 0.612. The predicted octanol–water partition coefficient (Wildman–Crippen LogP) is 3.78. The van der Waals surface area contributed by atoms with Crippen molar-refractivity contribution in [3.8, 4) is 5.75 Å². The summed E-state index contributed by atoms with van der Waals surface area (Å²) in [4.78, 5) is 19.0. The minimum atomic E-state index is 0. The summed E-state index contributed by atoms with van der Waals surface area (Å²) in [7, 11) is 0. The zero-order chi connectivity index (χ0) is 19.8. The van der Waals surface area contributed by atoms with E-state index in [-0.39, 0.29) is 36.8 Å². The lowest BCUT2D eigenvalue weighted by molar-refractivity contribution is 0.00844. The number of benzene rings is 1. The number of rotatable bonds is 8. The number of aryl methyl sites for hydroxylation is 1. The zero-order valence-corrected chi connectivity index (χ0v) is 18.9. The zero-order valence-electron chi connectivity index (χ0n) is 17.3. The molecule has 1 saturated heterocycles. The Balaban J connectivity index is 0.00000225. The Bertz CT molecular complexity index is 766. The van der Waals surface area contributed by atoms with Crippen molar-refractivity contribution in [1.82, 2.24) is 9.88 Å². The standard InChI is InChI=1S/C22H29N3O3.2ClH/c1-17-6-7-21(15-24-17)28-16-18-4-2-5-19(14-18)22(26)25-11-8-20(9-12-25)27-13-3-10-23;;/h2,4-7,14-15,20H,3,8-13,16,23H2,1H3;2*1H. The summed E-state index contributed by atoms with van der Waals surface area (Å²) in [6.45, 7) is 5.14. The van der Waals surface area contributed by atoms with E-state index in [1.54, 1.807) is 6.20 Å². The van der Waals surface area contributed by atoms with E-state index in [4.69, 9.17) is 15.2 Å². The van der Waals surface area contributed by atoms with Gasteiger partial charge < -0.3 is 20.1 Å².